The number of benzene rings is 7. The van der Waals surface area contributed by atoms with Crippen LogP contribution < -0.4 is 0 Å². The van der Waals surface area contributed by atoms with Crippen molar-refractivity contribution in [3.05, 3.63) is 0 Å². The quantitative estimate of drug-likeness (QED) is 0.0638. The van der Waals surface area contributed by atoms with Crippen LogP contribution in [0.4, 0.5) is 0 Å². The first-order valence-corrected chi connectivity index (χ1v) is 16.7. The summed E-state index contributed by atoms with van der Waals surface area (Å²) >= 11 is 0. The molecule has 9 aromatic rings. The maximum Gasteiger partial charge on any atom is 0.208 e. The molecular formula is C38H22O24. The molecule has 62 heavy (non-hydrogen) atoms. The maximum absolute atomic E-state index is 11.7. The molecule has 0 aliphatic carbocycles. The van der Waals surface area contributed by atoms with Gasteiger partial charge in [0, 0.05) is 32.7 Å². The molecule has 0 amide bonds. The molecule has 24 heteroatoms. The Morgan fingerprint density at radius 3 is 0.565 bits per heavy atom. The van der Waals surface area contributed by atoms with Gasteiger partial charge in [0.15, 0.2) is 79.8 Å². The number of aromatic hydroxyl groups is 22. The molecule has 0 unspecified atom stereocenters. The largest absolute Gasteiger partial charge is 0.504 e. The first kappa shape index (κ1) is 37.8. The Balaban J connectivity index is 1.67. The molecule has 318 valence electrons. The van der Waals surface area contributed by atoms with Gasteiger partial charge >= 0.3 is 0 Å². The van der Waals surface area contributed by atoms with Crippen molar-refractivity contribution in [1.82, 2.24) is 0 Å². The molecule has 0 saturated heterocycles. The minimum absolute atomic E-state index is 0.924. The third-order valence-electron chi connectivity index (χ3n) is 10.7. The van der Waals surface area contributed by atoms with Crippen molar-refractivity contribution in [1.29, 1.82) is 0 Å². The van der Waals surface area contributed by atoms with E-state index in [2.05, 4.69) is 0 Å². The van der Waals surface area contributed by atoms with Crippen LogP contribution in [0.1, 0.15) is 0 Å². The predicted octanol–water partition coefficient (Wildman–Crippen LogP) is 4.65. The van der Waals surface area contributed by atoms with Gasteiger partial charge in [-0.15, -0.1) is 0 Å². The zero-order valence-electron chi connectivity index (χ0n) is 29.7. The van der Waals surface area contributed by atoms with Crippen LogP contribution in [0.25, 0.3) is 87.7 Å². The Morgan fingerprint density at radius 2 is 0.323 bits per heavy atom. The van der Waals surface area contributed by atoms with Crippen molar-refractivity contribution >= 4 is 65.4 Å². The molecule has 0 bridgehead atoms. The number of fused-ring (bicyclic) bond motifs is 8. The summed E-state index contributed by atoms with van der Waals surface area (Å²) in [6, 6.07) is 0. The van der Waals surface area contributed by atoms with Crippen LogP contribution in [0.3, 0.4) is 0 Å². The van der Waals surface area contributed by atoms with Crippen LogP contribution in [-0.4, -0.2) is 112 Å². The number of phenolic OH excluding ortho intramolecular Hbond substituents is 22. The van der Waals surface area contributed by atoms with Gasteiger partial charge in [-0.3, -0.25) is 0 Å². The molecule has 0 fully saturated rings. The van der Waals surface area contributed by atoms with Gasteiger partial charge in [-0.2, -0.15) is 0 Å². The summed E-state index contributed by atoms with van der Waals surface area (Å²) in [5.41, 5.74) is -9.07. The lowest BCUT2D eigenvalue weighted by Crippen LogP contribution is -1.96. The minimum Gasteiger partial charge on any atom is -0.504 e. The fourth-order valence-corrected chi connectivity index (χ4v) is 7.85. The van der Waals surface area contributed by atoms with Crippen LogP contribution >= 0.6 is 0 Å². The van der Waals surface area contributed by atoms with Crippen LogP contribution in [0.15, 0.2) is 8.83 Å². The highest BCUT2D eigenvalue weighted by Crippen LogP contribution is 2.68. The monoisotopic (exact) mass is 862 g/mol. The number of hydrogen-bond acceptors (Lipinski definition) is 24. The van der Waals surface area contributed by atoms with Gasteiger partial charge in [0.25, 0.3) is 0 Å². The summed E-state index contributed by atoms with van der Waals surface area (Å²) in [7, 11) is 0. The summed E-state index contributed by atoms with van der Waals surface area (Å²) in [5.74, 6) is -33.5. The van der Waals surface area contributed by atoms with Gasteiger partial charge in [0.05, 0.1) is 32.7 Å². The first-order valence-electron chi connectivity index (χ1n) is 16.7. The molecule has 0 aliphatic rings. The van der Waals surface area contributed by atoms with E-state index < -0.39 is 214 Å². The van der Waals surface area contributed by atoms with E-state index in [-0.39, 0.29) is 0 Å². The summed E-state index contributed by atoms with van der Waals surface area (Å²) in [6.07, 6.45) is 0. The minimum atomic E-state index is -1.66. The molecule has 0 spiro atoms. The van der Waals surface area contributed by atoms with Gasteiger partial charge in [0.2, 0.25) is 69.0 Å². The molecule has 24 nitrogen and oxygen atoms in total. The van der Waals surface area contributed by atoms with E-state index in [9.17, 15) is 112 Å². The molecule has 22 N–H and O–H groups in total. The van der Waals surface area contributed by atoms with Gasteiger partial charge in [-0.1, -0.05) is 0 Å². The fraction of sp³-hybridized carbons (Fsp3) is 0. The molecule has 9 rings (SSSR count). The summed E-state index contributed by atoms with van der Waals surface area (Å²) in [4.78, 5) is 0. The SMILES string of the molecule is Oc1c(O)c(O)c2c(oc3c(-c4c5c(O)c(O)c(O)c(O)c5c(-c5c(O)c(O)c(O)c6c5oc5c(O)c(O)c(O)c(O)c56)c5c(O)c(O)c(O)c(O)c45)c(O)c(O)c(O)c32)c1O. The van der Waals surface area contributed by atoms with Crippen LogP contribution in [-0.2, 0) is 0 Å². The van der Waals surface area contributed by atoms with E-state index in [0.29, 0.717) is 0 Å². The molecule has 7 aromatic carbocycles. The lowest BCUT2D eigenvalue weighted by molar-refractivity contribution is 0.348. The summed E-state index contributed by atoms with van der Waals surface area (Å²) < 4.78 is 11.2. The summed E-state index contributed by atoms with van der Waals surface area (Å²) in [6.45, 7) is 0. The second-order valence-electron chi connectivity index (χ2n) is 13.7. The number of hydrogen-bond donors (Lipinski definition) is 22. The highest BCUT2D eigenvalue weighted by Gasteiger charge is 2.40. The Bertz CT molecular complexity index is 3330. The van der Waals surface area contributed by atoms with E-state index in [1.54, 1.807) is 0 Å². The standard InChI is InChI=1S/C38H22O24/c39-13-3-1(7-17(43)23(49)19(45)9-11-21(47)29(55)31(57)33(59)37(11)61-35(7)9)4-6(16(42)28(54)26(52)14(4)40)2(5(3)15(41)27(53)25(13)51)8-18(44)24(50)20(46)10-12-22(48)30(56)32(58)34(60)38(12)62-36(8)10/h39-60H. The molecule has 0 aliphatic heterocycles. The Labute approximate surface area is 335 Å². The van der Waals surface area contributed by atoms with Gasteiger partial charge < -0.3 is 121 Å². The van der Waals surface area contributed by atoms with Crippen molar-refractivity contribution in [2.75, 3.05) is 0 Å². The zero-order valence-corrected chi connectivity index (χ0v) is 29.7. The van der Waals surface area contributed by atoms with Gasteiger partial charge in [-0.25, -0.2) is 0 Å². The van der Waals surface area contributed by atoms with E-state index in [0.717, 1.165) is 0 Å². The van der Waals surface area contributed by atoms with Crippen molar-refractivity contribution in [3.8, 4) is 149 Å². The highest BCUT2D eigenvalue weighted by molar-refractivity contribution is 6.34. The van der Waals surface area contributed by atoms with E-state index >= 15 is 0 Å². The fourth-order valence-electron chi connectivity index (χ4n) is 7.85. The Hall–Kier alpha value is -9.74. The van der Waals surface area contributed by atoms with Crippen molar-refractivity contribution in [2.24, 2.45) is 0 Å². The molecular weight excluding hydrogens is 840 g/mol. The lowest BCUT2D eigenvalue weighted by atomic mass is 9.82. The normalized spacial score (nSPS) is 12.0. The first-order chi connectivity index (χ1) is 29.0. The van der Waals surface area contributed by atoms with Crippen LogP contribution in [0.5, 0.6) is 126 Å². The topological polar surface area (TPSA) is 471 Å². The second-order valence-corrected chi connectivity index (χ2v) is 13.7. The molecule has 0 atom stereocenters. The molecule has 2 aromatic heterocycles. The Morgan fingerprint density at radius 1 is 0.145 bits per heavy atom. The lowest BCUT2D eigenvalue weighted by Gasteiger charge is -2.23. The average Bonchev–Trinajstić information content (AvgIpc) is 3.85. The molecule has 0 radical (unpaired) electrons. The predicted molar refractivity (Wildman–Crippen MR) is 204 cm³/mol. The Kier molecular flexibility index (Phi) is 6.99. The average molecular weight is 863 g/mol. The van der Waals surface area contributed by atoms with Crippen molar-refractivity contribution < 1.29 is 121 Å². The third kappa shape index (κ3) is 4.02. The molecule has 0 saturated carbocycles. The highest BCUT2D eigenvalue weighted by atomic mass is 16.4. The maximum atomic E-state index is 11.7. The number of phenols is 22. The molecule has 2 heterocycles. The van der Waals surface area contributed by atoms with Crippen LogP contribution in [0, 0.1) is 0 Å². The van der Waals surface area contributed by atoms with Crippen molar-refractivity contribution in [3.63, 3.8) is 0 Å². The van der Waals surface area contributed by atoms with E-state index in [4.69, 9.17) is 8.83 Å². The second kappa shape index (κ2) is 11.5. The summed E-state index contributed by atoms with van der Waals surface area (Å²) in [5, 5.41) is 234. The van der Waals surface area contributed by atoms with Gasteiger partial charge in [0.1, 0.15) is 0 Å². The number of rotatable bonds is 2. The van der Waals surface area contributed by atoms with E-state index in [1.807, 2.05) is 0 Å². The van der Waals surface area contributed by atoms with Crippen LogP contribution in [0.2, 0.25) is 0 Å². The smallest absolute Gasteiger partial charge is 0.208 e. The third-order valence-corrected chi connectivity index (χ3v) is 10.7. The zero-order chi connectivity index (χ0) is 45.4. The van der Waals surface area contributed by atoms with E-state index in [1.165, 1.54) is 0 Å². The number of furan rings is 2. The van der Waals surface area contributed by atoms with Crippen molar-refractivity contribution in [2.45, 2.75) is 0 Å². The van der Waals surface area contributed by atoms with Gasteiger partial charge in [-0.05, 0) is 0 Å².